The summed E-state index contributed by atoms with van der Waals surface area (Å²) in [5.74, 6) is 0.153. The van der Waals surface area contributed by atoms with Crippen LogP contribution in [0.3, 0.4) is 0 Å². The lowest BCUT2D eigenvalue weighted by Gasteiger charge is -2.27. The third-order valence-electron chi connectivity index (χ3n) is 3.75. The van der Waals surface area contributed by atoms with E-state index >= 15 is 0 Å². The van der Waals surface area contributed by atoms with Gasteiger partial charge in [0.1, 0.15) is 5.75 Å². The number of allylic oxidation sites excluding steroid dienone is 1. The zero-order valence-corrected chi connectivity index (χ0v) is 15.1. The molecule has 0 saturated heterocycles. The van der Waals surface area contributed by atoms with Crippen LogP contribution in [0.5, 0.6) is 5.75 Å². The fourth-order valence-electron chi connectivity index (χ4n) is 2.63. The Balaban J connectivity index is 1.95. The average molecular weight is 378 g/mol. The third-order valence-corrected chi connectivity index (χ3v) is 4.92. The Morgan fingerprint density at radius 1 is 1.36 bits per heavy atom. The van der Waals surface area contributed by atoms with E-state index in [2.05, 4.69) is 16.0 Å². The van der Waals surface area contributed by atoms with Gasteiger partial charge < -0.3 is 20.7 Å². The van der Waals surface area contributed by atoms with Gasteiger partial charge in [-0.25, -0.2) is 4.79 Å². The van der Waals surface area contributed by atoms with Crippen LogP contribution in [0.1, 0.15) is 17.8 Å². The molecule has 3 rings (SSSR count). The van der Waals surface area contributed by atoms with Crippen LogP contribution in [0.25, 0.3) is 0 Å². The minimum Gasteiger partial charge on any atom is -0.495 e. The highest BCUT2D eigenvalue weighted by molar-refractivity contribution is 7.10. The Morgan fingerprint density at radius 2 is 2.16 bits per heavy atom. The van der Waals surface area contributed by atoms with Crippen LogP contribution >= 0.6 is 22.9 Å². The van der Waals surface area contributed by atoms with E-state index in [4.69, 9.17) is 16.3 Å². The molecule has 2 heterocycles. The van der Waals surface area contributed by atoms with Crippen molar-refractivity contribution in [3.05, 3.63) is 56.9 Å². The summed E-state index contributed by atoms with van der Waals surface area (Å²) < 4.78 is 5.26. The molecule has 8 heteroatoms. The summed E-state index contributed by atoms with van der Waals surface area (Å²) in [5.41, 5.74) is 1.40. The van der Waals surface area contributed by atoms with Gasteiger partial charge in [-0.3, -0.25) is 4.79 Å². The number of thiophene rings is 1. The lowest BCUT2D eigenvalue weighted by molar-refractivity contribution is -0.113. The van der Waals surface area contributed by atoms with E-state index in [1.54, 1.807) is 25.1 Å². The van der Waals surface area contributed by atoms with Crippen LogP contribution in [0.15, 0.2) is 47.0 Å². The molecular formula is C17H16ClN3O3S. The maximum Gasteiger partial charge on any atom is 0.319 e. The first-order valence-electron chi connectivity index (χ1n) is 7.46. The normalized spacial score (nSPS) is 16.9. The first kappa shape index (κ1) is 17.3. The molecule has 130 valence electrons. The molecule has 0 radical (unpaired) electrons. The maximum absolute atomic E-state index is 12.9. The molecule has 0 bridgehead atoms. The van der Waals surface area contributed by atoms with Crippen molar-refractivity contribution in [1.82, 2.24) is 10.6 Å². The molecule has 6 nitrogen and oxygen atoms in total. The number of carbonyl (C=O) groups is 2. The van der Waals surface area contributed by atoms with Crippen LogP contribution in [0, 0.1) is 0 Å². The Hall–Kier alpha value is -2.51. The van der Waals surface area contributed by atoms with Gasteiger partial charge in [0.2, 0.25) is 0 Å². The maximum atomic E-state index is 12.9. The van der Waals surface area contributed by atoms with Crippen molar-refractivity contribution in [2.45, 2.75) is 13.0 Å². The smallest absolute Gasteiger partial charge is 0.319 e. The molecule has 0 spiro atoms. The van der Waals surface area contributed by atoms with E-state index < -0.39 is 6.04 Å². The Kier molecular flexibility index (Phi) is 4.96. The molecule has 1 aromatic heterocycles. The van der Waals surface area contributed by atoms with Crippen molar-refractivity contribution in [2.75, 3.05) is 12.4 Å². The molecule has 0 aliphatic carbocycles. The second kappa shape index (κ2) is 7.16. The minimum absolute atomic E-state index is 0.340. The molecule has 2 aromatic rings. The topological polar surface area (TPSA) is 79.5 Å². The van der Waals surface area contributed by atoms with Crippen LogP contribution < -0.4 is 20.7 Å². The third kappa shape index (κ3) is 3.62. The predicted molar refractivity (Wildman–Crippen MR) is 98.1 cm³/mol. The fourth-order valence-corrected chi connectivity index (χ4v) is 3.59. The summed E-state index contributed by atoms with van der Waals surface area (Å²) in [5, 5.41) is 10.6. The number of hydrogen-bond donors (Lipinski definition) is 3. The lowest BCUT2D eigenvalue weighted by atomic mass is 10.0. The van der Waals surface area contributed by atoms with Gasteiger partial charge in [0, 0.05) is 15.6 Å². The van der Waals surface area contributed by atoms with Crippen molar-refractivity contribution in [3.63, 3.8) is 0 Å². The minimum atomic E-state index is -0.515. The molecule has 25 heavy (non-hydrogen) atoms. The number of ether oxygens (including phenoxy) is 1. The van der Waals surface area contributed by atoms with Crippen LogP contribution in [-0.4, -0.2) is 19.0 Å². The number of halogens is 1. The summed E-state index contributed by atoms with van der Waals surface area (Å²) in [6.07, 6.45) is 0. The number of hydrogen-bond acceptors (Lipinski definition) is 4. The molecule has 0 fully saturated rings. The van der Waals surface area contributed by atoms with Crippen molar-refractivity contribution < 1.29 is 14.3 Å². The SMILES string of the molecule is COc1ccc(Cl)cc1NC(=O)C1=C(C)NC(=O)N[C@H]1c1cccs1. The van der Waals surface area contributed by atoms with E-state index in [1.165, 1.54) is 18.4 Å². The zero-order chi connectivity index (χ0) is 18.0. The first-order valence-corrected chi connectivity index (χ1v) is 8.72. The molecular weight excluding hydrogens is 362 g/mol. The fraction of sp³-hybridized carbons (Fsp3) is 0.176. The summed E-state index contributed by atoms with van der Waals surface area (Å²) in [4.78, 5) is 25.6. The van der Waals surface area contributed by atoms with E-state index in [9.17, 15) is 9.59 Å². The number of anilines is 1. The standard InChI is InChI=1S/C17H16ClN3O3S/c1-9-14(15(21-17(23)19-9)13-4-3-7-25-13)16(22)20-11-8-10(18)5-6-12(11)24-2/h3-8,15H,1-2H3,(H,20,22)(H2,19,21,23)/t15-/m0/s1. The van der Waals surface area contributed by atoms with Crippen LogP contribution in [-0.2, 0) is 4.79 Å². The van der Waals surface area contributed by atoms with Gasteiger partial charge in [-0.2, -0.15) is 0 Å². The van der Waals surface area contributed by atoms with Crippen LogP contribution in [0.2, 0.25) is 5.02 Å². The number of amides is 3. The monoisotopic (exact) mass is 377 g/mol. The van der Waals surface area contributed by atoms with E-state index in [0.717, 1.165) is 4.88 Å². The molecule has 1 atom stereocenters. The van der Waals surface area contributed by atoms with Gasteiger partial charge in [0.15, 0.2) is 0 Å². The van der Waals surface area contributed by atoms with Crippen molar-refractivity contribution >= 4 is 40.6 Å². The zero-order valence-electron chi connectivity index (χ0n) is 13.6. The van der Waals surface area contributed by atoms with E-state index in [-0.39, 0.29) is 11.9 Å². The summed E-state index contributed by atoms with van der Waals surface area (Å²) in [7, 11) is 1.51. The molecule has 1 aromatic carbocycles. The second-order valence-electron chi connectivity index (χ2n) is 5.38. The highest BCUT2D eigenvalue weighted by atomic mass is 35.5. The van der Waals surface area contributed by atoms with E-state index in [0.29, 0.717) is 27.7 Å². The number of rotatable bonds is 4. The highest BCUT2D eigenvalue weighted by Gasteiger charge is 2.32. The first-order chi connectivity index (χ1) is 12.0. The molecule has 0 unspecified atom stereocenters. The van der Waals surface area contributed by atoms with Gasteiger partial charge in [0.25, 0.3) is 5.91 Å². The number of benzene rings is 1. The van der Waals surface area contributed by atoms with Crippen molar-refractivity contribution in [2.24, 2.45) is 0 Å². The van der Waals surface area contributed by atoms with Crippen molar-refractivity contribution in [3.8, 4) is 5.75 Å². The second-order valence-corrected chi connectivity index (χ2v) is 6.80. The predicted octanol–water partition coefficient (Wildman–Crippen LogP) is 3.68. The Labute approximate surface area is 153 Å². The summed E-state index contributed by atoms with van der Waals surface area (Å²) in [6, 6.07) is 7.87. The largest absolute Gasteiger partial charge is 0.495 e. The van der Waals surface area contributed by atoms with Gasteiger partial charge in [0.05, 0.1) is 24.4 Å². The molecule has 3 amide bonds. The Bertz CT molecular complexity index is 849. The number of urea groups is 1. The highest BCUT2D eigenvalue weighted by Crippen LogP contribution is 2.32. The molecule has 3 N–H and O–H groups in total. The lowest BCUT2D eigenvalue weighted by Crippen LogP contribution is -2.45. The summed E-state index contributed by atoms with van der Waals surface area (Å²) in [6.45, 7) is 1.70. The quantitative estimate of drug-likeness (QED) is 0.760. The van der Waals surface area contributed by atoms with Crippen LogP contribution in [0.4, 0.5) is 10.5 Å². The molecule has 1 aliphatic heterocycles. The number of methoxy groups -OCH3 is 1. The van der Waals surface area contributed by atoms with Gasteiger partial charge >= 0.3 is 6.03 Å². The van der Waals surface area contributed by atoms with Gasteiger partial charge in [-0.15, -0.1) is 11.3 Å². The Morgan fingerprint density at radius 3 is 2.84 bits per heavy atom. The van der Waals surface area contributed by atoms with E-state index in [1.807, 2.05) is 17.5 Å². The number of carbonyl (C=O) groups excluding carboxylic acids is 2. The van der Waals surface area contributed by atoms with Crippen molar-refractivity contribution in [1.29, 1.82) is 0 Å². The van der Waals surface area contributed by atoms with Gasteiger partial charge in [-0.1, -0.05) is 17.7 Å². The molecule has 1 aliphatic rings. The molecule has 0 saturated carbocycles. The number of nitrogens with one attached hydrogen (secondary N) is 3. The van der Waals surface area contributed by atoms with Gasteiger partial charge in [-0.05, 0) is 36.6 Å². The average Bonchev–Trinajstić information content (AvgIpc) is 3.08. The summed E-state index contributed by atoms with van der Waals surface area (Å²) >= 11 is 7.48.